The van der Waals surface area contributed by atoms with Gasteiger partial charge in [-0.25, -0.2) is 0 Å². The molecular formula is C32H56O6S3Sn. The molecule has 0 aliphatic heterocycles. The van der Waals surface area contributed by atoms with Crippen LogP contribution < -0.4 is 0 Å². The van der Waals surface area contributed by atoms with E-state index in [4.69, 9.17) is 47.1 Å². The van der Waals surface area contributed by atoms with Gasteiger partial charge in [0.25, 0.3) is 0 Å². The number of carbonyl (C=O) groups is 3. The van der Waals surface area contributed by atoms with Gasteiger partial charge in [-0.05, 0) is 0 Å². The predicted octanol–water partition coefficient (Wildman–Crippen LogP) is 8.55. The van der Waals surface area contributed by atoms with Crippen LogP contribution in [0, 0.1) is 17.8 Å². The van der Waals surface area contributed by atoms with Crippen LogP contribution in [0.5, 0.6) is 0 Å². The van der Waals surface area contributed by atoms with E-state index >= 15 is 0 Å². The normalized spacial score (nSPS) is 22.9. The summed E-state index contributed by atoms with van der Waals surface area (Å²) in [5.41, 5.74) is 0. The zero-order valence-electron chi connectivity index (χ0n) is 25.8. The first-order chi connectivity index (χ1) is 20.3. The fourth-order valence-electron chi connectivity index (χ4n) is 6.91. The Morgan fingerprint density at radius 3 is 1.19 bits per heavy atom. The van der Waals surface area contributed by atoms with E-state index in [0.29, 0.717) is 10.9 Å². The summed E-state index contributed by atoms with van der Waals surface area (Å²) in [6, 6.07) is 0. The molecule has 3 fully saturated rings. The van der Waals surface area contributed by atoms with Crippen molar-refractivity contribution in [3.63, 3.8) is 0 Å². The summed E-state index contributed by atoms with van der Waals surface area (Å²) in [6.07, 6.45) is 21.5. The van der Waals surface area contributed by atoms with Crippen LogP contribution in [0.1, 0.15) is 142 Å². The van der Waals surface area contributed by atoms with Gasteiger partial charge in [-0.1, -0.05) is 0 Å². The Bertz CT molecular complexity index is 734. The van der Waals surface area contributed by atoms with Crippen molar-refractivity contribution in [1.82, 2.24) is 0 Å². The van der Waals surface area contributed by atoms with Crippen molar-refractivity contribution in [2.24, 2.45) is 17.8 Å². The van der Waals surface area contributed by atoms with Gasteiger partial charge in [0.2, 0.25) is 0 Å². The molecule has 3 unspecified atom stereocenters. The molecule has 10 heteroatoms. The van der Waals surface area contributed by atoms with Crippen LogP contribution in [0.25, 0.3) is 0 Å². The molecule has 3 aliphatic rings. The van der Waals surface area contributed by atoms with Crippen molar-refractivity contribution in [3.05, 3.63) is 0 Å². The van der Waals surface area contributed by atoms with Crippen LogP contribution in [0.3, 0.4) is 0 Å². The van der Waals surface area contributed by atoms with Gasteiger partial charge >= 0.3 is 279 Å². The predicted molar refractivity (Wildman–Crippen MR) is 180 cm³/mol. The fourth-order valence-corrected chi connectivity index (χ4v) is 15.7. The van der Waals surface area contributed by atoms with Crippen molar-refractivity contribution in [1.29, 1.82) is 0 Å². The van der Waals surface area contributed by atoms with Gasteiger partial charge in [-0.3, -0.25) is 0 Å². The molecule has 3 aliphatic carbocycles. The molecule has 242 valence electrons. The Kier molecular flexibility index (Phi) is 17.2. The van der Waals surface area contributed by atoms with Crippen LogP contribution >= 0.6 is 37.9 Å². The molecule has 0 spiro atoms. The Morgan fingerprint density at radius 1 is 0.548 bits per heavy atom. The van der Waals surface area contributed by atoms with Crippen molar-refractivity contribution < 1.29 is 23.6 Å². The van der Waals surface area contributed by atoms with Gasteiger partial charge in [0.1, 0.15) is 0 Å². The second-order valence-electron chi connectivity index (χ2n) is 13.0. The van der Waals surface area contributed by atoms with Crippen LogP contribution in [-0.4, -0.2) is 53.3 Å². The second kappa shape index (κ2) is 19.7. The van der Waals surface area contributed by atoms with Crippen molar-refractivity contribution in [2.45, 2.75) is 162 Å². The Morgan fingerprint density at radius 2 is 0.857 bits per heavy atom. The van der Waals surface area contributed by atoms with Gasteiger partial charge in [0.05, 0.1) is 0 Å². The number of rotatable bonds is 16. The van der Waals surface area contributed by atoms with Crippen LogP contribution in [0.4, 0.5) is 0 Å². The zero-order valence-corrected chi connectivity index (χ0v) is 31.3. The van der Waals surface area contributed by atoms with Crippen LogP contribution in [0.2, 0.25) is 4.44 Å². The van der Waals surface area contributed by atoms with E-state index in [9.17, 15) is 14.4 Å². The number of thiol groups is 3. The molecule has 0 saturated heterocycles. The summed E-state index contributed by atoms with van der Waals surface area (Å²) in [7, 11) is 0. The third kappa shape index (κ3) is 11.9. The first-order valence-electron chi connectivity index (χ1n) is 17.0. The van der Waals surface area contributed by atoms with Crippen molar-refractivity contribution >= 4 is 75.4 Å². The molecule has 6 nitrogen and oxygen atoms in total. The minimum absolute atomic E-state index is 0.110. The summed E-state index contributed by atoms with van der Waals surface area (Å²) < 4.78 is 19.0. The first kappa shape index (κ1) is 36.7. The zero-order chi connectivity index (χ0) is 30.4. The molecule has 0 heterocycles. The summed E-state index contributed by atoms with van der Waals surface area (Å²) in [6.45, 7) is 2.18. The summed E-state index contributed by atoms with van der Waals surface area (Å²) in [5, 5.41) is -1.88. The molecule has 0 radical (unpaired) electrons. The molecule has 0 aromatic heterocycles. The molecule has 3 atom stereocenters. The molecule has 42 heavy (non-hydrogen) atoms. The van der Waals surface area contributed by atoms with Gasteiger partial charge in [0.15, 0.2) is 0 Å². The average Bonchev–Trinajstić information content (AvgIpc) is 3.02. The van der Waals surface area contributed by atoms with Crippen molar-refractivity contribution in [2.75, 3.05) is 0 Å². The molecule has 0 aromatic carbocycles. The number of unbranched alkanes of at least 4 members (excludes halogenated alkanes) is 5. The van der Waals surface area contributed by atoms with Crippen LogP contribution in [-0.2, 0) is 23.6 Å². The monoisotopic (exact) mass is 752 g/mol. The number of carbonyl (C=O) groups excluding carboxylic acids is 3. The maximum absolute atomic E-state index is 13.7. The second-order valence-corrected chi connectivity index (χ2v) is 21.7. The van der Waals surface area contributed by atoms with E-state index < -0.39 is 53.3 Å². The standard InChI is InChI=1S/3C8H14O2S.C8H17.Sn/c3*9-8(10)7(11)6-4-2-1-3-5-6;1-3-5-7-8-6-4-2;/h3*6-7,11H,1-5H2,(H,9,10);1,3-8H2,2H3;/q;;;;+3/p-3. The molecule has 0 amide bonds. The molecule has 0 bridgehead atoms. The van der Waals surface area contributed by atoms with Crippen LogP contribution in [0.15, 0.2) is 0 Å². The first-order valence-corrected chi connectivity index (χ1v) is 24.1. The third-order valence-corrected chi connectivity index (χ3v) is 18.7. The Hall–Kier alpha value is 0.259. The van der Waals surface area contributed by atoms with E-state index in [2.05, 4.69) is 6.92 Å². The maximum atomic E-state index is 13.7. The van der Waals surface area contributed by atoms with E-state index in [1.165, 1.54) is 6.42 Å². The Balaban J connectivity index is 1.83. The van der Waals surface area contributed by atoms with E-state index in [1.54, 1.807) is 0 Å². The van der Waals surface area contributed by atoms with E-state index in [-0.39, 0.29) is 17.8 Å². The summed E-state index contributed by atoms with van der Waals surface area (Å²) >= 11 is 8.97. The quantitative estimate of drug-likeness (QED) is 0.0834. The number of hydrogen-bond acceptors (Lipinski definition) is 9. The van der Waals surface area contributed by atoms with Gasteiger partial charge in [0, 0.05) is 0 Å². The SMILES string of the molecule is CCCCCCC[CH2][Sn]([O]C(=O)C(S)C1CCCCC1)([O]C(=O)C(S)C1CCCCC1)[O]C(=O)C(S)C1CCCCC1. The molecule has 3 rings (SSSR count). The summed E-state index contributed by atoms with van der Waals surface area (Å²) in [5.74, 6) is -1.19. The average molecular weight is 752 g/mol. The molecule has 3 saturated carbocycles. The Labute approximate surface area is 277 Å². The molecule has 0 N–H and O–H groups in total. The van der Waals surface area contributed by atoms with Crippen molar-refractivity contribution in [3.8, 4) is 0 Å². The molecule has 0 aromatic rings. The topological polar surface area (TPSA) is 78.9 Å². The summed E-state index contributed by atoms with van der Waals surface area (Å²) in [4.78, 5) is 41.0. The molecular weight excluding hydrogens is 695 g/mol. The van der Waals surface area contributed by atoms with Gasteiger partial charge in [-0.15, -0.1) is 0 Å². The minimum atomic E-state index is -5.14. The third-order valence-electron chi connectivity index (χ3n) is 9.62. The van der Waals surface area contributed by atoms with E-state index in [1.807, 2.05) is 0 Å². The van der Waals surface area contributed by atoms with Gasteiger partial charge < -0.3 is 0 Å². The number of hydrogen-bond donors (Lipinski definition) is 3. The van der Waals surface area contributed by atoms with Gasteiger partial charge in [-0.2, -0.15) is 0 Å². The van der Waals surface area contributed by atoms with E-state index in [0.717, 1.165) is 122 Å². The fraction of sp³-hybridized carbons (Fsp3) is 0.906.